The molecule has 1 aromatic carbocycles. The molecule has 0 bridgehead atoms. The maximum atomic E-state index is 11.4. The summed E-state index contributed by atoms with van der Waals surface area (Å²) in [5, 5.41) is 0. The molecule has 0 saturated carbocycles. The topological polar surface area (TPSA) is 29.5 Å². The Hall–Kier alpha value is -1.35. The van der Waals surface area contributed by atoms with E-state index in [-0.39, 0.29) is 5.97 Å². The summed E-state index contributed by atoms with van der Waals surface area (Å²) in [4.78, 5) is 13.7. The first-order valence-corrected chi connectivity index (χ1v) is 7.23. The van der Waals surface area contributed by atoms with Crippen LogP contribution in [0.2, 0.25) is 0 Å². The zero-order chi connectivity index (χ0) is 13.5. The average molecular weight is 261 g/mol. The molecular weight excluding hydrogens is 238 g/mol. The number of benzene rings is 1. The Kier molecular flexibility index (Phi) is 5.40. The van der Waals surface area contributed by atoms with E-state index in [2.05, 4.69) is 36.1 Å². The number of hydrogen-bond donors (Lipinski definition) is 0. The van der Waals surface area contributed by atoms with Crippen molar-refractivity contribution in [2.75, 3.05) is 19.7 Å². The lowest BCUT2D eigenvalue weighted by molar-refractivity contribution is -0.151. The zero-order valence-corrected chi connectivity index (χ0v) is 11.7. The van der Waals surface area contributed by atoms with Crippen molar-refractivity contribution in [3.8, 4) is 0 Å². The Bertz CT molecular complexity index is 391. The van der Waals surface area contributed by atoms with E-state index in [1.165, 1.54) is 18.4 Å². The van der Waals surface area contributed by atoms with Crippen molar-refractivity contribution in [2.24, 2.45) is 0 Å². The van der Waals surface area contributed by atoms with E-state index in [0.717, 1.165) is 19.4 Å². The van der Waals surface area contributed by atoms with Gasteiger partial charge in [0.2, 0.25) is 0 Å². The zero-order valence-electron chi connectivity index (χ0n) is 11.7. The van der Waals surface area contributed by atoms with Crippen molar-refractivity contribution < 1.29 is 9.53 Å². The second-order valence-electron chi connectivity index (χ2n) is 5.18. The van der Waals surface area contributed by atoms with E-state index < -0.39 is 0 Å². The number of hydrogen-bond acceptors (Lipinski definition) is 3. The third-order valence-corrected chi connectivity index (χ3v) is 3.70. The third kappa shape index (κ3) is 4.35. The number of cyclic esters (lactones) is 1. The molecule has 3 nitrogen and oxygen atoms in total. The predicted molar refractivity (Wildman–Crippen MR) is 76.0 cm³/mol. The lowest BCUT2D eigenvalue weighted by Gasteiger charge is -2.33. The van der Waals surface area contributed by atoms with Crippen molar-refractivity contribution in [1.29, 1.82) is 0 Å². The number of ether oxygens (including phenoxy) is 1. The molecule has 3 heteroatoms. The Labute approximate surface area is 115 Å². The molecule has 1 aliphatic heterocycles. The minimum absolute atomic E-state index is 0.0826. The van der Waals surface area contributed by atoms with Crippen LogP contribution in [-0.4, -0.2) is 36.6 Å². The molecule has 0 spiro atoms. The summed E-state index contributed by atoms with van der Waals surface area (Å²) in [6, 6.07) is 11.0. The van der Waals surface area contributed by atoms with E-state index in [0.29, 0.717) is 19.2 Å². The highest BCUT2D eigenvalue weighted by atomic mass is 16.5. The first kappa shape index (κ1) is 14.1. The molecular formula is C16H23NO2. The van der Waals surface area contributed by atoms with Crippen LogP contribution in [0.15, 0.2) is 30.3 Å². The van der Waals surface area contributed by atoms with Crippen molar-refractivity contribution in [3.05, 3.63) is 35.9 Å². The summed E-state index contributed by atoms with van der Waals surface area (Å²) in [6.07, 6.45) is 4.58. The van der Waals surface area contributed by atoms with Gasteiger partial charge in [-0.25, -0.2) is 0 Å². The van der Waals surface area contributed by atoms with E-state index >= 15 is 0 Å². The Morgan fingerprint density at radius 3 is 2.79 bits per heavy atom. The predicted octanol–water partition coefficient (Wildman–Crippen LogP) is 2.65. The average Bonchev–Trinajstić information content (AvgIpc) is 2.44. The summed E-state index contributed by atoms with van der Waals surface area (Å²) in [5.41, 5.74) is 1.35. The summed E-state index contributed by atoms with van der Waals surface area (Å²) < 4.78 is 5.03. The number of nitrogens with zero attached hydrogens (tertiary/aromatic N) is 1. The highest BCUT2D eigenvalue weighted by Crippen LogP contribution is 2.16. The van der Waals surface area contributed by atoms with Gasteiger partial charge >= 0.3 is 5.97 Å². The number of morpholine rings is 1. The van der Waals surface area contributed by atoms with Gasteiger partial charge in [-0.2, -0.15) is 0 Å². The van der Waals surface area contributed by atoms with Crippen LogP contribution >= 0.6 is 0 Å². The monoisotopic (exact) mass is 261 g/mol. The van der Waals surface area contributed by atoms with Crippen molar-refractivity contribution >= 4 is 5.97 Å². The Morgan fingerprint density at radius 2 is 2.11 bits per heavy atom. The van der Waals surface area contributed by atoms with Crippen LogP contribution in [0.25, 0.3) is 0 Å². The molecule has 104 valence electrons. The van der Waals surface area contributed by atoms with Crippen molar-refractivity contribution in [2.45, 2.75) is 38.6 Å². The van der Waals surface area contributed by atoms with Gasteiger partial charge in [-0.1, -0.05) is 50.1 Å². The van der Waals surface area contributed by atoms with Gasteiger partial charge in [0.1, 0.15) is 6.61 Å². The largest absolute Gasteiger partial charge is 0.463 e. The molecule has 0 radical (unpaired) electrons. The Balaban J connectivity index is 2.00. The molecule has 1 aliphatic rings. The maximum Gasteiger partial charge on any atom is 0.320 e. The summed E-state index contributed by atoms with van der Waals surface area (Å²) in [5.74, 6) is -0.0826. The fourth-order valence-electron chi connectivity index (χ4n) is 2.62. The van der Waals surface area contributed by atoms with Gasteiger partial charge in [0.05, 0.1) is 6.54 Å². The van der Waals surface area contributed by atoms with Crippen molar-refractivity contribution in [1.82, 2.24) is 4.90 Å². The minimum atomic E-state index is -0.0826. The second kappa shape index (κ2) is 7.29. The lowest BCUT2D eigenvalue weighted by atomic mass is 9.99. The summed E-state index contributed by atoms with van der Waals surface area (Å²) in [7, 11) is 0. The van der Waals surface area contributed by atoms with Crippen LogP contribution in [0.3, 0.4) is 0 Å². The normalized spacial score (nSPS) is 18.1. The van der Waals surface area contributed by atoms with Crippen LogP contribution < -0.4 is 0 Å². The minimum Gasteiger partial charge on any atom is -0.463 e. The van der Waals surface area contributed by atoms with Gasteiger partial charge in [0, 0.05) is 12.6 Å². The number of carbonyl (C=O) groups is 1. The molecule has 19 heavy (non-hydrogen) atoms. The highest BCUT2D eigenvalue weighted by molar-refractivity contribution is 5.72. The number of esters is 1. The van der Waals surface area contributed by atoms with Crippen LogP contribution in [0.4, 0.5) is 0 Å². The standard InChI is InChI=1S/C16H23NO2/c1-2-3-9-15(12-14-7-5-4-6-8-14)17-10-11-19-16(18)13-17/h4-8,15H,2-3,9-13H2,1H3. The van der Waals surface area contributed by atoms with Crippen LogP contribution in [-0.2, 0) is 16.0 Å². The number of rotatable bonds is 6. The molecule has 0 N–H and O–H groups in total. The molecule has 0 aliphatic carbocycles. The quantitative estimate of drug-likeness (QED) is 0.737. The smallest absolute Gasteiger partial charge is 0.320 e. The van der Waals surface area contributed by atoms with E-state index in [1.807, 2.05) is 6.07 Å². The van der Waals surface area contributed by atoms with E-state index in [1.54, 1.807) is 0 Å². The third-order valence-electron chi connectivity index (χ3n) is 3.70. The molecule has 0 aromatic heterocycles. The SMILES string of the molecule is CCCCC(Cc1ccccc1)N1CCOC(=O)C1. The fraction of sp³-hybridized carbons (Fsp3) is 0.562. The molecule has 2 rings (SSSR count). The summed E-state index contributed by atoms with van der Waals surface area (Å²) in [6.45, 7) is 4.06. The second-order valence-corrected chi connectivity index (χ2v) is 5.18. The fourth-order valence-corrected chi connectivity index (χ4v) is 2.62. The molecule has 0 amide bonds. The lowest BCUT2D eigenvalue weighted by Crippen LogP contribution is -2.46. The molecule has 1 fully saturated rings. The molecule has 1 saturated heterocycles. The molecule has 1 heterocycles. The van der Waals surface area contributed by atoms with Gasteiger partial charge in [-0.15, -0.1) is 0 Å². The van der Waals surface area contributed by atoms with Crippen LogP contribution in [0, 0.1) is 0 Å². The first-order chi connectivity index (χ1) is 9.29. The highest BCUT2D eigenvalue weighted by Gasteiger charge is 2.25. The summed E-state index contributed by atoms with van der Waals surface area (Å²) >= 11 is 0. The maximum absolute atomic E-state index is 11.4. The molecule has 1 unspecified atom stereocenters. The molecule has 1 aromatic rings. The van der Waals surface area contributed by atoms with Gasteiger partial charge < -0.3 is 4.74 Å². The van der Waals surface area contributed by atoms with Crippen LogP contribution in [0.5, 0.6) is 0 Å². The Morgan fingerprint density at radius 1 is 1.32 bits per heavy atom. The van der Waals surface area contributed by atoms with Gasteiger partial charge in [-0.05, 0) is 18.4 Å². The van der Waals surface area contributed by atoms with Gasteiger partial charge in [0.25, 0.3) is 0 Å². The van der Waals surface area contributed by atoms with Gasteiger partial charge in [0.15, 0.2) is 0 Å². The number of unbranched alkanes of at least 4 members (excludes halogenated alkanes) is 1. The number of carbonyl (C=O) groups excluding carboxylic acids is 1. The van der Waals surface area contributed by atoms with Gasteiger partial charge in [-0.3, -0.25) is 9.69 Å². The first-order valence-electron chi connectivity index (χ1n) is 7.23. The van der Waals surface area contributed by atoms with E-state index in [9.17, 15) is 4.79 Å². The van der Waals surface area contributed by atoms with E-state index in [4.69, 9.17) is 4.74 Å². The van der Waals surface area contributed by atoms with Crippen molar-refractivity contribution in [3.63, 3.8) is 0 Å². The van der Waals surface area contributed by atoms with Crippen LogP contribution in [0.1, 0.15) is 31.7 Å². The molecule has 1 atom stereocenters.